The summed E-state index contributed by atoms with van der Waals surface area (Å²) in [6.45, 7) is 4.86. The van der Waals surface area contributed by atoms with E-state index in [1.165, 1.54) is 29.8 Å². The van der Waals surface area contributed by atoms with Gasteiger partial charge < -0.3 is 19.4 Å². The van der Waals surface area contributed by atoms with Crippen LogP contribution in [-0.4, -0.2) is 41.1 Å². The molecule has 1 aromatic heterocycles. The number of benzene rings is 1. The summed E-state index contributed by atoms with van der Waals surface area (Å²) in [7, 11) is 0. The molecule has 2 atom stereocenters. The van der Waals surface area contributed by atoms with E-state index in [0.717, 1.165) is 11.1 Å². The number of thioether (sulfide) groups is 1. The second-order valence-corrected chi connectivity index (χ2v) is 7.79. The lowest BCUT2D eigenvalue weighted by atomic mass is 10.1. The third kappa shape index (κ3) is 4.56. The smallest absolute Gasteiger partial charge is 0.330 e. The summed E-state index contributed by atoms with van der Waals surface area (Å²) in [5.41, 5.74) is 2.70. The molecule has 0 spiro atoms. The molecule has 2 heterocycles. The topological polar surface area (TPSA) is 88.8 Å². The summed E-state index contributed by atoms with van der Waals surface area (Å²) >= 11 is 1.42. The molecule has 1 aliphatic heterocycles. The highest BCUT2D eigenvalue weighted by Crippen LogP contribution is 2.41. The molecule has 0 unspecified atom stereocenters. The molecule has 28 heavy (non-hydrogen) atoms. The first-order valence-electron chi connectivity index (χ1n) is 8.84. The minimum absolute atomic E-state index is 0.256. The van der Waals surface area contributed by atoms with Crippen molar-refractivity contribution in [3.63, 3.8) is 0 Å². The van der Waals surface area contributed by atoms with Gasteiger partial charge in [-0.1, -0.05) is 6.07 Å². The third-order valence-corrected chi connectivity index (χ3v) is 5.56. The van der Waals surface area contributed by atoms with Crippen molar-refractivity contribution in [3.05, 3.63) is 53.5 Å². The van der Waals surface area contributed by atoms with Crippen molar-refractivity contribution in [3.8, 4) is 0 Å². The second-order valence-electron chi connectivity index (χ2n) is 6.68. The Hall–Kier alpha value is -2.74. The lowest BCUT2D eigenvalue weighted by molar-refractivity contribution is -0.155. The molecule has 7 nitrogen and oxygen atoms in total. The molecule has 1 aromatic carbocycles. The van der Waals surface area contributed by atoms with Crippen LogP contribution < -0.4 is 5.32 Å². The highest BCUT2D eigenvalue weighted by molar-refractivity contribution is 7.99. The lowest BCUT2D eigenvalue weighted by Crippen LogP contribution is -2.43. The maximum absolute atomic E-state index is 12.5. The summed E-state index contributed by atoms with van der Waals surface area (Å²) < 4.78 is 10.6. The fraction of sp³-hybridized carbons (Fsp3) is 0.350. The van der Waals surface area contributed by atoms with E-state index in [1.54, 1.807) is 12.1 Å². The third-order valence-electron chi connectivity index (χ3n) is 4.27. The van der Waals surface area contributed by atoms with Gasteiger partial charge in [0, 0.05) is 18.4 Å². The Balaban J connectivity index is 1.59. The molecule has 1 N–H and O–H groups in total. The van der Waals surface area contributed by atoms with Crippen LogP contribution in [0.15, 0.2) is 41.0 Å². The van der Waals surface area contributed by atoms with E-state index in [-0.39, 0.29) is 11.3 Å². The fourth-order valence-electron chi connectivity index (χ4n) is 3.20. The average molecular weight is 402 g/mol. The first-order valence-corrected chi connectivity index (χ1v) is 9.88. The first-order chi connectivity index (χ1) is 13.3. The summed E-state index contributed by atoms with van der Waals surface area (Å²) in [5, 5.41) is 2.34. The number of nitrogens with one attached hydrogen (secondary N) is 1. The molecule has 0 saturated carbocycles. The number of anilines is 1. The van der Waals surface area contributed by atoms with Crippen molar-refractivity contribution in [1.29, 1.82) is 0 Å². The van der Waals surface area contributed by atoms with Crippen LogP contribution in [0.4, 0.5) is 5.69 Å². The highest BCUT2D eigenvalue weighted by atomic mass is 32.2. The zero-order valence-corrected chi connectivity index (χ0v) is 16.7. The van der Waals surface area contributed by atoms with Crippen LogP contribution in [0.25, 0.3) is 0 Å². The van der Waals surface area contributed by atoms with Crippen LogP contribution in [-0.2, 0) is 19.1 Å². The number of aryl methyl sites for hydroxylation is 2. The normalized spacial score (nSPS) is 18.8. The van der Waals surface area contributed by atoms with Crippen LogP contribution in [0.1, 0.15) is 29.2 Å². The molecular weight excluding hydrogens is 380 g/mol. The molecular formula is C20H22N2O5S. The van der Waals surface area contributed by atoms with Crippen molar-refractivity contribution in [1.82, 2.24) is 4.90 Å². The second kappa shape index (κ2) is 8.52. The maximum atomic E-state index is 12.5. The zero-order valence-electron chi connectivity index (χ0n) is 15.9. The number of amides is 2. The van der Waals surface area contributed by atoms with Gasteiger partial charge in [0.2, 0.25) is 5.91 Å². The molecule has 3 rings (SSSR count). The molecule has 1 aliphatic rings. The monoisotopic (exact) mass is 402 g/mol. The molecule has 2 amide bonds. The number of rotatable bonds is 5. The summed E-state index contributed by atoms with van der Waals surface area (Å²) in [5.74, 6) is -0.313. The van der Waals surface area contributed by atoms with E-state index in [1.807, 2.05) is 32.0 Å². The van der Waals surface area contributed by atoms with Crippen LogP contribution in [0.3, 0.4) is 0 Å². The van der Waals surface area contributed by atoms with E-state index in [0.29, 0.717) is 17.2 Å². The summed E-state index contributed by atoms with van der Waals surface area (Å²) in [6.07, 6.45) is 1.53. The van der Waals surface area contributed by atoms with Gasteiger partial charge in [-0.05, 0) is 49.2 Å². The van der Waals surface area contributed by atoms with Gasteiger partial charge in [0.25, 0.3) is 5.91 Å². The molecule has 2 aromatic rings. The first kappa shape index (κ1) is 20.0. The van der Waals surface area contributed by atoms with Gasteiger partial charge in [-0.3, -0.25) is 9.59 Å². The average Bonchev–Trinajstić information content (AvgIpc) is 3.27. The minimum Gasteiger partial charge on any atom is -0.466 e. The molecule has 1 fully saturated rings. The van der Waals surface area contributed by atoms with Gasteiger partial charge in [0.05, 0.1) is 6.26 Å². The molecule has 0 radical (unpaired) electrons. The van der Waals surface area contributed by atoms with E-state index < -0.39 is 24.5 Å². The number of esters is 1. The number of hydrogen-bond acceptors (Lipinski definition) is 6. The van der Waals surface area contributed by atoms with E-state index in [9.17, 15) is 14.4 Å². The van der Waals surface area contributed by atoms with Crippen molar-refractivity contribution in [2.24, 2.45) is 0 Å². The number of hydrogen-bond donors (Lipinski definition) is 1. The van der Waals surface area contributed by atoms with E-state index in [4.69, 9.17) is 9.15 Å². The van der Waals surface area contributed by atoms with Crippen LogP contribution >= 0.6 is 11.8 Å². The van der Waals surface area contributed by atoms with Gasteiger partial charge in [-0.25, -0.2) is 4.79 Å². The number of carbonyl (C=O) groups is 3. The van der Waals surface area contributed by atoms with E-state index in [2.05, 4.69) is 5.32 Å². The fourth-order valence-corrected chi connectivity index (χ4v) is 4.62. The Morgan fingerprint density at radius 1 is 1.25 bits per heavy atom. The Bertz CT molecular complexity index is 860. The van der Waals surface area contributed by atoms with Gasteiger partial charge in [-0.2, -0.15) is 0 Å². The standard InChI is InChI=1S/C20H22N2O5S/c1-12-7-13(2)9-15(8-12)21-18(24)10-27-20(25)16-11-28-19(22(16)14(3)23)17-5-4-6-26-17/h4-9,16,19H,10-11H2,1-3H3,(H,21,24)/t16-,19-/m1/s1. The van der Waals surface area contributed by atoms with Crippen LogP contribution in [0.2, 0.25) is 0 Å². The van der Waals surface area contributed by atoms with Crippen molar-refractivity contribution in [2.45, 2.75) is 32.2 Å². The molecule has 0 aliphatic carbocycles. The number of carbonyl (C=O) groups excluding carboxylic acids is 3. The van der Waals surface area contributed by atoms with Gasteiger partial charge in [-0.15, -0.1) is 11.8 Å². The molecule has 0 bridgehead atoms. The lowest BCUT2D eigenvalue weighted by Gasteiger charge is -2.25. The Labute approximate surface area is 167 Å². The zero-order chi connectivity index (χ0) is 20.3. The summed E-state index contributed by atoms with van der Waals surface area (Å²) in [6, 6.07) is 8.42. The Kier molecular flexibility index (Phi) is 6.08. The van der Waals surface area contributed by atoms with Crippen molar-refractivity contribution < 1.29 is 23.5 Å². The Morgan fingerprint density at radius 3 is 2.57 bits per heavy atom. The quantitative estimate of drug-likeness (QED) is 0.774. The highest BCUT2D eigenvalue weighted by Gasteiger charge is 2.43. The van der Waals surface area contributed by atoms with Gasteiger partial charge in [0.1, 0.15) is 17.2 Å². The van der Waals surface area contributed by atoms with Crippen LogP contribution in [0, 0.1) is 13.8 Å². The predicted molar refractivity (Wildman–Crippen MR) is 106 cm³/mol. The number of nitrogens with zero attached hydrogens (tertiary/aromatic N) is 1. The van der Waals surface area contributed by atoms with Crippen molar-refractivity contribution >= 4 is 35.2 Å². The maximum Gasteiger partial charge on any atom is 0.330 e. The molecule has 1 saturated heterocycles. The molecule has 8 heteroatoms. The van der Waals surface area contributed by atoms with Gasteiger partial charge >= 0.3 is 5.97 Å². The predicted octanol–water partition coefficient (Wildman–Crippen LogP) is 3.04. The largest absolute Gasteiger partial charge is 0.466 e. The molecule has 148 valence electrons. The van der Waals surface area contributed by atoms with Crippen LogP contribution in [0.5, 0.6) is 0 Å². The Morgan fingerprint density at radius 2 is 1.96 bits per heavy atom. The van der Waals surface area contributed by atoms with Gasteiger partial charge in [0.15, 0.2) is 6.61 Å². The van der Waals surface area contributed by atoms with Crippen molar-refractivity contribution in [2.75, 3.05) is 17.7 Å². The number of ether oxygens (including phenoxy) is 1. The minimum atomic E-state index is -0.758. The van der Waals surface area contributed by atoms with E-state index >= 15 is 0 Å². The SMILES string of the molecule is CC(=O)N1[C@@H](C(=O)OCC(=O)Nc2cc(C)cc(C)c2)CS[C@@H]1c1ccco1. The number of furan rings is 1. The summed E-state index contributed by atoms with van der Waals surface area (Å²) in [4.78, 5) is 38.2.